The number of carbonyl (C=O) groups is 2. The summed E-state index contributed by atoms with van der Waals surface area (Å²) in [5, 5.41) is 39.5. The number of nitrogens with two attached hydrogens (primary N) is 1. The molecule has 2 amide bonds. The number of carboxylic acids is 1. The van der Waals surface area contributed by atoms with Crippen molar-refractivity contribution in [2.24, 2.45) is 28.9 Å². The van der Waals surface area contributed by atoms with Crippen LogP contribution in [0.5, 0.6) is 0 Å². The van der Waals surface area contributed by atoms with Gasteiger partial charge in [-0.2, -0.15) is 0 Å². The molecule has 38 heavy (non-hydrogen) atoms. The van der Waals surface area contributed by atoms with Crippen molar-refractivity contribution < 1.29 is 34.8 Å². The van der Waals surface area contributed by atoms with Gasteiger partial charge >= 0.3 is 12.0 Å². The molecule has 214 valence electrons. The Bertz CT molecular complexity index is 926. The van der Waals surface area contributed by atoms with Gasteiger partial charge in [0.2, 0.25) is 0 Å². The third-order valence-corrected chi connectivity index (χ3v) is 9.25. The van der Waals surface area contributed by atoms with Crippen LogP contribution in [0.2, 0.25) is 0 Å². The minimum atomic E-state index is -0.947. The summed E-state index contributed by atoms with van der Waals surface area (Å²) in [5.74, 6) is -0.241. The highest BCUT2D eigenvalue weighted by Crippen LogP contribution is 2.59. The van der Waals surface area contributed by atoms with Gasteiger partial charge in [-0.05, 0) is 72.8 Å². The van der Waals surface area contributed by atoms with Crippen LogP contribution >= 0.6 is 0 Å². The first-order valence-corrected chi connectivity index (χ1v) is 13.9. The SMILES string of the molecule is C=C1/C(=C\C=C2CCC[C@]3(C)[C@@H]([C@H](C)C(O)CC(=O)O)CC[C@@H]23)C[C@H](O)C[C@H]1O.NC(=O)N1CCOCC1. The molecule has 1 saturated heterocycles. The zero-order valence-corrected chi connectivity index (χ0v) is 22.8. The van der Waals surface area contributed by atoms with Gasteiger partial charge in [0.25, 0.3) is 0 Å². The molecule has 0 aromatic rings. The number of primary amides is 1. The molecule has 4 fully saturated rings. The third-order valence-electron chi connectivity index (χ3n) is 9.25. The lowest BCUT2D eigenvalue weighted by molar-refractivity contribution is -0.140. The van der Waals surface area contributed by atoms with E-state index in [2.05, 4.69) is 19.6 Å². The Kier molecular flexibility index (Phi) is 10.6. The third kappa shape index (κ3) is 7.25. The number of allylic oxidation sites excluding steroid dienone is 3. The number of hydrogen-bond acceptors (Lipinski definition) is 6. The summed E-state index contributed by atoms with van der Waals surface area (Å²) in [4.78, 5) is 23.1. The van der Waals surface area contributed by atoms with Crippen LogP contribution < -0.4 is 5.73 Å². The van der Waals surface area contributed by atoms with E-state index in [1.165, 1.54) is 5.57 Å². The van der Waals surface area contributed by atoms with Gasteiger partial charge in [0, 0.05) is 19.5 Å². The predicted molar refractivity (Wildman–Crippen MR) is 144 cm³/mol. The summed E-state index contributed by atoms with van der Waals surface area (Å²) in [6.45, 7) is 10.8. The van der Waals surface area contributed by atoms with Crippen molar-refractivity contribution in [2.45, 2.75) is 83.5 Å². The number of aliphatic hydroxyl groups excluding tert-OH is 3. The second kappa shape index (κ2) is 13.2. The molecule has 0 aromatic heterocycles. The first-order valence-electron chi connectivity index (χ1n) is 13.9. The molecule has 7 atom stereocenters. The number of fused-ring (bicyclic) bond motifs is 1. The van der Waals surface area contributed by atoms with Gasteiger partial charge in [-0.3, -0.25) is 4.79 Å². The molecule has 3 saturated carbocycles. The molecule has 0 radical (unpaired) electrons. The molecule has 9 nitrogen and oxygen atoms in total. The standard InChI is InChI=1S/C24H36O5.C5H10N2O2/c1-14-17(11-18(25)12-21(14)26)7-6-16-5-4-10-24(3)19(8-9-20(16)24)15(2)22(27)13-23(28)29;6-5(8)7-1-3-9-4-2-7/h6-7,15,18-22,25-27H,1,4-5,8-13H2,2-3H3,(H,28,29);1-4H2,(H2,6,8)/b16-6?,17-7-;/t15-,18-,19+,20-,21+,22?,24+;/m0./s1. The number of morpholine rings is 1. The van der Waals surface area contributed by atoms with E-state index in [9.17, 15) is 24.9 Å². The molecular weight excluding hydrogens is 488 g/mol. The van der Waals surface area contributed by atoms with Crippen molar-refractivity contribution in [3.05, 3.63) is 35.5 Å². The lowest BCUT2D eigenvalue weighted by Crippen LogP contribution is -2.43. The quantitative estimate of drug-likeness (QED) is 0.363. The van der Waals surface area contributed by atoms with Gasteiger partial charge in [-0.1, -0.05) is 38.2 Å². The van der Waals surface area contributed by atoms with Crippen molar-refractivity contribution in [2.75, 3.05) is 26.3 Å². The van der Waals surface area contributed by atoms with E-state index in [0.29, 0.717) is 56.6 Å². The van der Waals surface area contributed by atoms with Gasteiger partial charge in [0.1, 0.15) is 0 Å². The van der Waals surface area contributed by atoms with E-state index in [-0.39, 0.29) is 23.8 Å². The van der Waals surface area contributed by atoms with E-state index < -0.39 is 24.3 Å². The minimum Gasteiger partial charge on any atom is -0.481 e. The van der Waals surface area contributed by atoms with Gasteiger partial charge < -0.3 is 35.8 Å². The van der Waals surface area contributed by atoms with E-state index in [1.807, 2.05) is 13.0 Å². The first-order chi connectivity index (χ1) is 17.9. The van der Waals surface area contributed by atoms with E-state index >= 15 is 0 Å². The monoisotopic (exact) mass is 534 g/mol. The number of hydrogen-bond donors (Lipinski definition) is 5. The molecule has 1 aliphatic heterocycles. The average molecular weight is 535 g/mol. The molecule has 6 N–H and O–H groups in total. The lowest BCUT2D eigenvalue weighted by atomic mass is 9.60. The first kappa shape index (κ1) is 30.3. The maximum absolute atomic E-state index is 11.0. The van der Waals surface area contributed by atoms with Crippen LogP contribution in [-0.2, 0) is 9.53 Å². The van der Waals surface area contributed by atoms with Crippen LogP contribution in [0.4, 0.5) is 4.79 Å². The maximum atomic E-state index is 11.0. The summed E-state index contributed by atoms with van der Waals surface area (Å²) in [5.41, 5.74) is 8.11. The van der Waals surface area contributed by atoms with Gasteiger partial charge in [0.05, 0.1) is 37.9 Å². The Morgan fingerprint density at radius 1 is 1.24 bits per heavy atom. The lowest BCUT2D eigenvalue weighted by Gasteiger charge is -2.45. The van der Waals surface area contributed by atoms with Crippen LogP contribution in [0, 0.1) is 23.2 Å². The number of nitrogens with zero attached hydrogens (tertiary/aromatic N) is 1. The van der Waals surface area contributed by atoms with Gasteiger partial charge in [0.15, 0.2) is 0 Å². The number of aliphatic hydroxyl groups is 3. The maximum Gasteiger partial charge on any atom is 0.314 e. The van der Waals surface area contributed by atoms with Crippen molar-refractivity contribution in [3.63, 3.8) is 0 Å². The fourth-order valence-corrected chi connectivity index (χ4v) is 7.02. The predicted octanol–water partition coefficient (Wildman–Crippen LogP) is 3.00. The van der Waals surface area contributed by atoms with E-state index in [4.69, 9.17) is 15.6 Å². The van der Waals surface area contributed by atoms with Crippen LogP contribution in [-0.4, -0.2) is 81.9 Å². The molecular formula is C29H46N2O7. The Morgan fingerprint density at radius 2 is 1.92 bits per heavy atom. The molecule has 0 aromatic carbocycles. The van der Waals surface area contributed by atoms with Crippen LogP contribution in [0.1, 0.15) is 65.2 Å². The average Bonchev–Trinajstić information content (AvgIpc) is 3.22. The summed E-state index contributed by atoms with van der Waals surface area (Å²) in [7, 11) is 0. The Balaban J connectivity index is 0.000000375. The zero-order chi connectivity index (χ0) is 28.0. The Labute approximate surface area is 226 Å². The van der Waals surface area contributed by atoms with Gasteiger partial charge in [-0.25, -0.2) is 4.79 Å². The second-order valence-electron chi connectivity index (χ2n) is 11.6. The number of rotatable bonds is 5. The van der Waals surface area contributed by atoms with Crippen molar-refractivity contribution in [1.82, 2.24) is 4.90 Å². The highest BCUT2D eigenvalue weighted by Gasteiger charge is 2.51. The number of carboxylic acid groups (broad SMARTS) is 1. The van der Waals surface area contributed by atoms with Crippen molar-refractivity contribution >= 4 is 12.0 Å². The number of ether oxygens (including phenoxy) is 1. The molecule has 9 heteroatoms. The summed E-state index contributed by atoms with van der Waals surface area (Å²) in [6, 6.07) is -0.349. The Hall–Kier alpha value is -2.20. The zero-order valence-electron chi connectivity index (χ0n) is 22.8. The molecule has 0 bridgehead atoms. The molecule has 4 rings (SSSR count). The van der Waals surface area contributed by atoms with Crippen LogP contribution in [0.3, 0.4) is 0 Å². The summed E-state index contributed by atoms with van der Waals surface area (Å²) >= 11 is 0. The second-order valence-corrected chi connectivity index (χ2v) is 11.6. The molecule has 0 spiro atoms. The molecule has 3 aliphatic carbocycles. The highest BCUT2D eigenvalue weighted by molar-refractivity contribution is 5.72. The highest BCUT2D eigenvalue weighted by atomic mass is 16.5. The number of carbonyl (C=O) groups excluding carboxylic acids is 1. The summed E-state index contributed by atoms with van der Waals surface area (Å²) in [6.07, 6.45) is 8.20. The topological polar surface area (TPSA) is 154 Å². The summed E-state index contributed by atoms with van der Waals surface area (Å²) < 4.78 is 5.00. The Morgan fingerprint density at radius 3 is 2.53 bits per heavy atom. The molecule has 1 unspecified atom stereocenters. The van der Waals surface area contributed by atoms with E-state index in [1.54, 1.807) is 4.90 Å². The largest absolute Gasteiger partial charge is 0.481 e. The van der Waals surface area contributed by atoms with Gasteiger partial charge in [-0.15, -0.1) is 0 Å². The van der Waals surface area contributed by atoms with Crippen LogP contribution in [0.25, 0.3) is 0 Å². The van der Waals surface area contributed by atoms with Crippen molar-refractivity contribution in [1.29, 1.82) is 0 Å². The van der Waals surface area contributed by atoms with E-state index in [0.717, 1.165) is 37.7 Å². The fourth-order valence-electron chi connectivity index (χ4n) is 7.02. The van der Waals surface area contributed by atoms with Crippen LogP contribution in [0.15, 0.2) is 35.5 Å². The number of urea groups is 1. The molecule has 1 heterocycles. The molecule has 4 aliphatic rings. The van der Waals surface area contributed by atoms with Crippen molar-refractivity contribution in [3.8, 4) is 0 Å². The smallest absolute Gasteiger partial charge is 0.314 e. The minimum absolute atomic E-state index is 0.0396. The number of aliphatic carboxylic acids is 1. The number of amides is 2. The normalized spacial score (nSPS) is 35.3. The fraction of sp³-hybridized carbons (Fsp3) is 0.724.